The summed E-state index contributed by atoms with van der Waals surface area (Å²) in [7, 11) is 0. The van der Waals surface area contributed by atoms with E-state index in [0.717, 1.165) is 16.7 Å². The summed E-state index contributed by atoms with van der Waals surface area (Å²) in [6.45, 7) is 3.05. The van der Waals surface area contributed by atoms with E-state index in [1.807, 2.05) is 66.7 Å². The van der Waals surface area contributed by atoms with Crippen molar-refractivity contribution in [3.8, 4) is 16.9 Å². The Morgan fingerprint density at radius 1 is 0.929 bits per heavy atom. The molecule has 1 N–H and O–H groups in total. The fraction of sp³-hybridized carbons (Fsp3) is 0.208. The molecule has 0 saturated carbocycles. The van der Waals surface area contributed by atoms with Gasteiger partial charge in [-0.3, -0.25) is 0 Å². The highest BCUT2D eigenvalue weighted by molar-refractivity contribution is 6.00. The molecule has 3 aromatic rings. The van der Waals surface area contributed by atoms with Crippen LogP contribution in [0.25, 0.3) is 11.1 Å². The third-order valence-corrected chi connectivity index (χ3v) is 4.39. The highest BCUT2D eigenvalue weighted by Gasteiger charge is 2.20. The van der Waals surface area contributed by atoms with Crippen LogP contribution >= 0.6 is 0 Å². The second-order valence-electron chi connectivity index (χ2n) is 6.41. The first-order chi connectivity index (χ1) is 13.7. The van der Waals surface area contributed by atoms with Crippen LogP contribution in [0.2, 0.25) is 0 Å². The first-order valence-corrected chi connectivity index (χ1v) is 9.39. The Bertz CT molecular complexity index is 905. The van der Waals surface area contributed by atoms with Gasteiger partial charge in [0.1, 0.15) is 11.3 Å². The maximum absolute atomic E-state index is 12.4. The molecule has 0 bridgehead atoms. The number of benzene rings is 3. The summed E-state index contributed by atoms with van der Waals surface area (Å²) in [5, 5.41) is 10.5. The lowest BCUT2D eigenvalue weighted by Gasteiger charge is -2.14. The van der Waals surface area contributed by atoms with E-state index in [-0.39, 0.29) is 17.9 Å². The SMILES string of the molecule is CCOC(=O)c1c(O)cc(CCOCc2ccccc2)cc1-c1ccccc1. The molecule has 0 saturated heterocycles. The topological polar surface area (TPSA) is 55.8 Å². The molecule has 0 unspecified atom stereocenters. The molecule has 0 amide bonds. The van der Waals surface area contributed by atoms with Gasteiger partial charge in [-0.2, -0.15) is 0 Å². The fourth-order valence-electron chi connectivity index (χ4n) is 3.05. The summed E-state index contributed by atoms with van der Waals surface area (Å²) < 4.78 is 10.9. The van der Waals surface area contributed by atoms with Gasteiger partial charge >= 0.3 is 5.97 Å². The second-order valence-corrected chi connectivity index (χ2v) is 6.41. The van der Waals surface area contributed by atoms with Crippen molar-refractivity contribution in [2.45, 2.75) is 20.0 Å². The Morgan fingerprint density at radius 2 is 1.61 bits per heavy atom. The van der Waals surface area contributed by atoms with Crippen molar-refractivity contribution < 1.29 is 19.4 Å². The van der Waals surface area contributed by atoms with Gasteiger partial charge in [-0.25, -0.2) is 4.79 Å². The Kier molecular flexibility index (Phi) is 6.82. The van der Waals surface area contributed by atoms with E-state index in [1.54, 1.807) is 13.0 Å². The van der Waals surface area contributed by atoms with Gasteiger partial charge in [0.25, 0.3) is 0 Å². The molecular formula is C24H24O4. The van der Waals surface area contributed by atoms with Gasteiger partial charge < -0.3 is 14.6 Å². The maximum atomic E-state index is 12.4. The first-order valence-electron chi connectivity index (χ1n) is 9.39. The lowest BCUT2D eigenvalue weighted by molar-refractivity contribution is 0.0524. The lowest BCUT2D eigenvalue weighted by atomic mass is 9.95. The monoisotopic (exact) mass is 376 g/mol. The van der Waals surface area contributed by atoms with Crippen LogP contribution in [0.4, 0.5) is 0 Å². The number of ether oxygens (including phenoxy) is 2. The molecule has 4 nitrogen and oxygen atoms in total. The number of aromatic hydroxyl groups is 1. The molecule has 0 radical (unpaired) electrons. The smallest absolute Gasteiger partial charge is 0.342 e. The van der Waals surface area contributed by atoms with Crippen LogP contribution in [0.3, 0.4) is 0 Å². The fourth-order valence-corrected chi connectivity index (χ4v) is 3.05. The van der Waals surface area contributed by atoms with Gasteiger partial charge in [0.2, 0.25) is 0 Å². The van der Waals surface area contributed by atoms with Crippen LogP contribution in [-0.4, -0.2) is 24.3 Å². The van der Waals surface area contributed by atoms with Crippen molar-refractivity contribution >= 4 is 5.97 Å². The third-order valence-electron chi connectivity index (χ3n) is 4.39. The van der Waals surface area contributed by atoms with E-state index in [9.17, 15) is 9.90 Å². The number of esters is 1. The zero-order chi connectivity index (χ0) is 19.8. The maximum Gasteiger partial charge on any atom is 0.342 e. The van der Waals surface area contributed by atoms with Crippen LogP contribution in [0, 0.1) is 0 Å². The van der Waals surface area contributed by atoms with Gasteiger partial charge in [-0.1, -0.05) is 60.7 Å². The molecule has 0 heterocycles. The Morgan fingerprint density at radius 3 is 2.29 bits per heavy atom. The van der Waals surface area contributed by atoms with E-state index in [1.165, 1.54) is 0 Å². The van der Waals surface area contributed by atoms with Crippen molar-refractivity contribution in [3.63, 3.8) is 0 Å². The van der Waals surface area contributed by atoms with E-state index < -0.39 is 5.97 Å². The zero-order valence-electron chi connectivity index (χ0n) is 15.9. The van der Waals surface area contributed by atoms with Crippen LogP contribution in [0.1, 0.15) is 28.4 Å². The molecular weight excluding hydrogens is 352 g/mol. The predicted octanol–water partition coefficient (Wildman–Crippen LogP) is 5.00. The molecule has 0 spiro atoms. The van der Waals surface area contributed by atoms with Gasteiger partial charge in [0.15, 0.2) is 0 Å². The molecule has 144 valence electrons. The number of phenolic OH excluding ortho intramolecular Hbond substituents is 1. The molecule has 3 aromatic carbocycles. The average Bonchev–Trinajstić information content (AvgIpc) is 2.72. The Labute approximate surface area is 165 Å². The van der Waals surface area contributed by atoms with Crippen LogP contribution in [0.5, 0.6) is 5.75 Å². The van der Waals surface area contributed by atoms with E-state index in [2.05, 4.69) is 0 Å². The van der Waals surface area contributed by atoms with Gasteiger partial charge in [-0.05, 0) is 42.2 Å². The predicted molar refractivity (Wildman–Crippen MR) is 109 cm³/mol. The summed E-state index contributed by atoms with van der Waals surface area (Å²) in [5.74, 6) is -0.594. The Hall–Kier alpha value is -3.11. The van der Waals surface area contributed by atoms with Crippen molar-refractivity contribution in [2.24, 2.45) is 0 Å². The molecule has 0 aliphatic rings. The summed E-state index contributed by atoms with van der Waals surface area (Å²) in [5.41, 5.74) is 3.73. The van der Waals surface area contributed by atoms with Gasteiger partial charge in [0, 0.05) is 5.56 Å². The molecule has 0 fully saturated rings. The van der Waals surface area contributed by atoms with Crippen molar-refractivity contribution in [1.29, 1.82) is 0 Å². The quantitative estimate of drug-likeness (QED) is 0.444. The van der Waals surface area contributed by atoms with E-state index in [0.29, 0.717) is 25.2 Å². The number of phenols is 1. The number of carbonyl (C=O) groups excluding carboxylic acids is 1. The number of carbonyl (C=O) groups is 1. The molecule has 0 aliphatic heterocycles. The van der Waals surface area contributed by atoms with Gasteiger partial charge in [0.05, 0.1) is 19.8 Å². The number of rotatable bonds is 8. The van der Waals surface area contributed by atoms with Crippen molar-refractivity contribution in [3.05, 3.63) is 89.5 Å². The molecule has 0 aliphatic carbocycles. The zero-order valence-corrected chi connectivity index (χ0v) is 15.9. The minimum Gasteiger partial charge on any atom is -0.507 e. The lowest BCUT2D eigenvalue weighted by Crippen LogP contribution is -2.08. The number of hydrogen-bond acceptors (Lipinski definition) is 4. The second kappa shape index (κ2) is 9.72. The van der Waals surface area contributed by atoms with Crippen LogP contribution in [0.15, 0.2) is 72.8 Å². The summed E-state index contributed by atoms with van der Waals surface area (Å²) >= 11 is 0. The Balaban J connectivity index is 1.79. The molecule has 28 heavy (non-hydrogen) atoms. The minimum atomic E-state index is -0.522. The average molecular weight is 376 g/mol. The van der Waals surface area contributed by atoms with E-state index in [4.69, 9.17) is 9.47 Å². The summed E-state index contributed by atoms with van der Waals surface area (Å²) in [6, 6.07) is 23.1. The highest BCUT2D eigenvalue weighted by Crippen LogP contribution is 2.32. The summed E-state index contributed by atoms with van der Waals surface area (Å²) in [4.78, 5) is 12.4. The normalized spacial score (nSPS) is 10.6. The standard InChI is InChI=1S/C24H24O4/c1-2-28-24(26)23-21(20-11-7-4-8-12-20)15-19(16-22(23)25)13-14-27-17-18-9-5-3-6-10-18/h3-12,15-16,25H,2,13-14,17H2,1H3. The number of hydrogen-bond donors (Lipinski definition) is 1. The molecule has 0 atom stereocenters. The van der Waals surface area contributed by atoms with Gasteiger partial charge in [-0.15, -0.1) is 0 Å². The molecule has 4 heteroatoms. The molecule has 3 rings (SSSR count). The van der Waals surface area contributed by atoms with Crippen molar-refractivity contribution in [1.82, 2.24) is 0 Å². The minimum absolute atomic E-state index is 0.0714. The van der Waals surface area contributed by atoms with E-state index >= 15 is 0 Å². The summed E-state index contributed by atoms with van der Waals surface area (Å²) in [6.07, 6.45) is 0.628. The van der Waals surface area contributed by atoms with Crippen molar-refractivity contribution in [2.75, 3.05) is 13.2 Å². The largest absolute Gasteiger partial charge is 0.507 e. The highest BCUT2D eigenvalue weighted by atomic mass is 16.5. The first kappa shape index (κ1) is 19.6. The molecule has 0 aromatic heterocycles. The third kappa shape index (κ3) is 4.99. The van der Waals surface area contributed by atoms with Crippen LogP contribution in [-0.2, 0) is 22.5 Å². The van der Waals surface area contributed by atoms with Crippen LogP contribution < -0.4 is 0 Å².